The molecule has 3 rings (SSSR count). The number of aliphatic hydroxyl groups excluding tert-OH is 1. The first kappa shape index (κ1) is 20.1. The number of nitrogens with zero attached hydrogens (tertiary/aromatic N) is 2. The lowest BCUT2D eigenvalue weighted by Crippen LogP contribution is -2.17. The SMILES string of the molecule is CCCS(=O)(=O)c1cnc2[nH]c(C(O)c3ccc(OC(F)(F)F)cc3)nc2c1. The van der Waals surface area contributed by atoms with E-state index in [1.54, 1.807) is 6.92 Å². The third kappa shape index (κ3) is 4.42. The Morgan fingerprint density at radius 1 is 1.25 bits per heavy atom. The highest BCUT2D eigenvalue weighted by Gasteiger charge is 2.31. The van der Waals surface area contributed by atoms with Crippen molar-refractivity contribution in [3.8, 4) is 5.75 Å². The van der Waals surface area contributed by atoms with Crippen molar-refractivity contribution in [3.05, 3.63) is 47.9 Å². The Kier molecular flexibility index (Phi) is 5.31. The standard InChI is InChI=1S/C17H16F3N3O4S/c1-2-7-28(25,26)12-8-13-15(21-9-12)23-16(22-13)14(24)10-3-5-11(6-4-10)27-17(18,19)20/h3-6,8-9,14,24H,2,7H2,1H3,(H,21,22,23). The van der Waals surface area contributed by atoms with E-state index in [9.17, 15) is 26.7 Å². The highest BCUT2D eigenvalue weighted by atomic mass is 32.2. The molecule has 0 radical (unpaired) electrons. The van der Waals surface area contributed by atoms with Crippen LogP contribution in [-0.2, 0) is 9.84 Å². The molecule has 1 aromatic carbocycles. The van der Waals surface area contributed by atoms with Crippen molar-refractivity contribution in [2.24, 2.45) is 0 Å². The van der Waals surface area contributed by atoms with E-state index in [2.05, 4.69) is 19.7 Å². The summed E-state index contributed by atoms with van der Waals surface area (Å²) in [4.78, 5) is 11.0. The van der Waals surface area contributed by atoms with Crippen LogP contribution in [0.1, 0.15) is 30.8 Å². The first-order valence-electron chi connectivity index (χ1n) is 8.21. The number of aromatic amines is 1. The minimum atomic E-state index is -4.81. The molecule has 0 fully saturated rings. The van der Waals surface area contributed by atoms with E-state index < -0.39 is 28.1 Å². The number of halogens is 3. The first-order valence-corrected chi connectivity index (χ1v) is 9.86. The number of aliphatic hydroxyl groups is 1. The molecule has 0 aliphatic rings. The Morgan fingerprint density at radius 2 is 1.93 bits per heavy atom. The molecular weight excluding hydrogens is 399 g/mol. The quantitative estimate of drug-likeness (QED) is 0.641. The summed E-state index contributed by atoms with van der Waals surface area (Å²) < 4.78 is 64.7. The number of H-pyrrole nitrogens is 1. The summed E-state index contributed by atoms with van der Waals surface area (Å²) in [5.41, 5.74) is 0.803. The topological polar surface area (TPSA) is 105 Å². The van der Waals surface area contributed by atoms with Crippen molar-refractivity contribution < 1.29 is 31.4 Å². The Bertz CT molecular complexity index is 1080. The van der Waals surface area contributed by atoms with E-state index >= 15 is 0 Å². The van der Waals surface area contributed by atoms with Gasteiger partial charge in [-0.05, 0) is 30.2 Å². The van der Waals surface area contributed by atoms with Gasteiger partial charge in [-0.2, -0.15) is 0 Å². The summed E-state index contributed by atoms with van der Waals surface area (Å²) in [6.07, 6.45) is -4.41. The fraction of sp³-hybridized carbons (Fsp3) is 0.294. The molecule has 2 aromatic heterocycles. The number of aromatic nitrogens is 3. The maximum atomic E-state index is 12.2. The molecule has 150 valence electrons. The summed E-state index contributed by atoms with van der Waals surface area (Å²) in [6.45, 7) is 1.75. The lowest BCUT2D eigenvalue weighted by atomic mass is 10.1. The minimum absolute atomic E-state index is 0.0214. The highest BCUT2D eigenvalue weighted by Crippen LogP contribution is 2.27. The van der Waals surface area contributed by atoms with Crippen molar-refractivity contribution >= 4 is 21.0 Å². The van der Waals surface area contributed by atoms with Gasteiger partial charge in [0.2, 0.25) is 0 Å². The molecule has 0 aliphatic carbocycles. The molecule has 0 saturated carbocycles. The van der Waals surface area contributed by atoms with Gasteiger partial charge in [-0.25, -0.2) is 18.4 Å². The fourth-order valence-electron chi connectivity index (χ4n) is 2.59. The lowest BCUT2D eigenvalue weighted by molar-refractivity contribution is -0.274. The van der Waals surface area contributed by atoms with Gasteiger partial charge in [-0.15, -0.1) is 13.2 Å². The van der Waals surface area contributed by atoms with Crippen LogP contribution in [0.25, 0.3) is 11.2 Å². The van der Waals surface area contributed by atoms with Crippen molar-refractivity contribution in [2.75, 3.05) is 5.75 Å². The average molecular weight is 415 g/mol. The number of rotatable bonds is 6. The van der Waals surface area contributed by atoms with E-state index in [0.29, 0.717) is 6.42 Å². The number of nitrogens with one attached hydrogen (secondary N) is 1. The second kappa shape index (κ2) is 7.40. The van der Waals surface area contributed by atoms with Gasteiger partial charge in [0.25, 0.3) is 0 Å². The number of hydrogen-bond acceptors (Lipinski definition) is 6. The highest BCUT2D eigenvalue weighted by molar-refractivity contribution is 7.91. The number of hydrogen-bond donors (Lipinski definition) is 2. The molecular formula is C17H16F3N3O4S. The number of ether oxygens (including phenoxy) is 1. The van der Waals surface area contributed by atoms with Crippen molar-refractivity contribution in [1.82, 2.24) is 15.0 Å². The number of benzene rings is 1. The largest absolute Gasteiger partial charge is 0.573 e. The third-order valence-corrected chi connectivity index (χ3v) is 5.74. The van der Waals surface area contributed by atoms with Crippen LogP contribution in [0.5, 0.6) is 5.75 Å². The molecule has 1 unspecified atom stereocenters. The smallest absolute Gasteiger partial charge is 0.406 e. The molecule has 11 heteroatoms. The minimum Gasteiger partial charge on any atom is -0.406 e. The maximum Gasteiger partial charge on any atom is 0.573 e. The third-order valence-electron chi connectivity index (χ3n) is 3.85. The Hall–Kier alpha value is -2.66. The van der Waals surface area contributed by atoms with Crippen LogP contribution >= 0.6 is 0 Å². The van der Waals surface area contributed by atoms with Gasteiger partial charge in [0.05, 0.1) is 10.6 Å². The van der Waals surface area contributed by atoms with Crippen LogP contribution < -0.4 is 4.74 Å². The Balaban J connectivity index is 1.87. The van der Waals surface area contributed by atoms with Crippen LogP contribution in [0.4, 0.5) is 13.2 Å². The second-order valence-electron chi connectivity index (χ2n) is 6.00. The predicted molar refractivity (Wildman–Crippen MR) is 93.4 cm³/mol. The summed E-state index contributed by atoms with van der Waals surface area (Å²) in [5.74, 6) is -0.357. The van der Waals surface area contributed by atoms with Gasteiger partial charge in [-0.3, -0.25) is 0 Å². The van der Waals surface area contributed by atoms with Gasteiger partial charge in [0.15, 0.2) is 15.5 Å². The van der Waals surface area contributed by atoms with Gasteiger partial charge < -0.3 is 14.8 Å². The van der Waals surface area contributed by atoms with Crippen LogP contribution in [-0.4, -0.2) is 40.6 Å². The van der Waals surface area contributed by atoms with Crippen molar-refractivity contribution in [1.29, 1.82) is 0 Å². The summed E-state index contributed by atoms with van der Waals surface area (Å²) >= 11 is 0. The van der Waals surface area contributed by atoms with Gasteiger partial charge >= 0.3 is 6.36 Å². The van der Waals surface area contributed by atoms with Crippen molar-refractivity contribution in [2.45, 2.75) is 30.7 Å². The van der Waals surface area contributed by atoms with Gasteiger partial charge in [-0.1, -0.05) is 19.1 Å². The molecule has 2 heterocycles. The molecule has 1 atom stereocenters. The van der Waals surface area contributed by atoms with Crippen LogP contribution in [0.2, 0.25) is 0 Å². The monoisotopic (exact) mass is 415 g/mol. The normalized spacial score (nSPS) is 13.6. The zero-order chi connectivity index (χ0) is 20.5. The zero-order valence-electron chi connectivity index (χ0n) is 14.6. The molecule has 0 aliphatic heterocycles. The van der Waals surface area contributed by atoms with E-state index in [0.717, 1.165) is 12.1 Å². The van der Waals surface area contributed by atoms with E-state index in [4.69, 9.17) is 0 Å². The molecule has 0 amide bonds. The molecule has 7 nitrogen and oxygen atoms in total. The molecule has 3 aromatic rings. The predicted octanol–water partition coefficient (Wildman–Crippen LogP) is 3.12. The molecule has 0 bridgehead atoms. The molecule has 28 heavy (non-hydrogen) atoms. The Morgan fingerprint density at radius 3 is 2.54 bits per heavy atom. The fourth-order valence-corrected chi connectivity index (χ4v) is 3.87. The van der Waals surface area contributed by atoms with Crippen LogP contribution in [0.3, 0.4) is 0 Å². The number of alkyl halides is 3. The average Bonchev–Trinajstić information content (AvgIpc) is 3.03. The zero-order valence-corrected chi connectivity index (χ0v) is 15.4. The molecule has 0 saturated heterocycles. The molecule has 2 N–H and O–H groups in total. The number of sulfone groups is 1. The van der Waals surface area contributed by atoms with Crippen LogP contribution in [0, 0.1) is 0 Å². The Labute approximate surface area is 158 Å². The van der Waals surface area contributed by atoms with E-state index in [-0.39, 0.29) is 33.2 Å². The summed E-state index contributed by atoms with van der Waals surface area (Å²) in [6, 6.07) is 6.04. The van der Waals surface area contributed by atoms with E-state index in [1.165, 1.54) is 24.4 Å². The number of pyridine rings is 1. The van der Waals surface area contributed by atoms with E-state index in [1.807, 2.05) is 0 Å². The molecule has 0 spiro atoms. The number of imidazole rings is 1. The van der Waals surface area contributed by atoms with Crippen molar-refractivity contribution in [3.63, 3.8) is 0 Å². The van der Waals surface area contributed by atoms with Gasteiger partial charge in [0.1, 0.15) is 23.2 Å². The lowest BCUT2D eigenvalue weighted by Gasteiger charge is -2.11. The summed E-state index contributed by atoms with van der Waals surface area (Å²) in [7, 11) is -3.47. The maximum absolute atomic E-state index is 12.2. The number of fused-ring (bicyclic) bond motifs is 1. The second-order valence-corrected chi connectivity index (χ2v) is 8.11. The van der Waals surface area contributed by atoms with Crippen LogP contribution in [0.15, 0.2) is 41.4 Å². The first-order chi connectivity index (χ1) is 13.1. The van der Waals surface area contributed by atoms with Gasteiger partial charge in [0, 0.05) is 6.20 Å². The summed E-state index contributed by atoms with van der Waals surface area (Å²) in [5, 5.41) is 10.4.